The van der Waals surface area contributed by atoms with Crippen LogP contribution in [-0.2, 0) is 6.18 Å². The summed E-state index contributed by atoms with van der Waals surface area (Å²) < 4.78 is 44.8. The standard InChI is InChI=1S/C24H31F3N2O2/c1-3-18(2)22-9-4-5-10-23(22)31-17-21(30)16-28-11-13-29(14-12-28)20-8-6-7-19(15-20)24(25,26)27/h4-10,15,18,21,30H,3,11-14,16-17H2,1-2H3. The fourth-order valence-corrected chi connectivity index (χ4v) is 3.84. The van der Waals surface area contributed by atoms with E-state index < -0.39 is 17.8 Å². The van der Waals surface area contributed by atoms with Gasteiger partial charge in [0, 0.05) is 38.4 Å². The first-order chi connectivity index (χ1) is 14.8. The topological polar surface area (TPSA) is 35.9 Å². The van der Waals surface area contributed by atoms with Crippen LogP contribution in [0, 0.1) is 0 Å². The van der Waals surface area contributed by atoms with E-state index in [0.717, 1.165) is 23.8 Å². The molecule has 1 aliphatic rings. The van der Waals surface area contributed by atoms with E-state index in [1.165, 1.54) is 12.1 Å². The molecule has 170 valence electrons. The molecule has 2 aromatic rings. The van der Waals surface area contributed by atoms with Crippen LogP contribution >= 0.6 is 0 Å². The molecule has 3 rings (SSSR count). The van der Waals surface area contributed by atoms with Gasteiger partial charge in [0.15, 0.2) is 0 Å². The first kappa shape index (κ1) is 23.4. The molecule has 0 radical (unpaired) electrons. The van der Waals surface area contributed by atoms with Crippen LogP contribution in [0.5, 0.6) is 5.75 Å². The lowest BCUT2D eigenvalue weighted by atomic mass is 9.98. The molecule has 0 aromatic heterocycles. The van der Waals surface area contributed by atoms with Gasteiger partial charge in [0.2, 0.25) is 0 Å². The Balaban J connectivity index is 1.48. The summed E-state index contributed by atoms with van der Waals surface area (Å²) in [5.41, 5.74) is 1.10. The Morgan fingerprint density at radius 2 is 1.74 bits per heavy atom. The zero-order chi connectivity index (χ0) is 22.4. The Morgan fingerprint density at radius 1 is 1.03 bits per heavy atom. The molecule has 0 aliphatic carbocycles. The maximum atomic E-state index is 13.0. The average Bonchev–Trinajstić information content (AvgIpc) is 2.77. The van der Waals surface area contributed by atoms with E-state index in [1.54, 1.807) is 6.07 Å². The van der Waals surface area contributed by atoms with Crippen LogP contribution in [0.25, 0.3) is 0 Å². The molecular formula is C24H31F3N2O2. The molecule has 0 spiro atoms. The van der Waals surface area contributed by atoms with Crippen molar-refractivity contribution < 1.29 is 23.0 Å². The molecule has 7 heteroatoms. The van der Waals surface area contributed by atoms with Crippen molar-refractivity contribution in [1.29, 1.82) is 0 Å². The smallest absolute Gasteiger partial charge is 0.416 e. The van der Waals surface area contributed by atoms with Gasteiger partial charge in [0.25, 0.3) is 0 Å². The monoisotopic (exact) mass is 436 g/mol. The zero-order valence-corrected chi connectivity index (χ0v) is 18.1. The van der Waals surface area contributed by atoms with Crippen molar-refractivity contribution in [1.82, 2.24) is 4.90 Å². The van der Waals surface area contributed by atoms with Gasteiger partial charge in [-0.25, -0.2) is 0 Å². The predicted octanol–water partition coefficient (Wildman–Crippen LogP) is 4.78. The highest BCUT2D eigenvalue weighted by Crippen LogP contribution is 2.32. The first-order valence-corrected chi connectivity index (χ1v) is 10.8. The average molecular weight is 437 g/mol. The molecule has 2 aromatic carbocycles. The molecule has 4 nitrogen and oxygen atoms in total. The number of nitrogens with zero attached hydrogens (tertiary/aromatic N) is 2. The number of benzene rings is 2. The van der Waals surface area contributed by atoms with E-state index in [9.17, 15) is 18.3 Å². The van der Waals surface area contributed by atoms with Crippen molar-refractivity contribution in [3.63, 3.8) is 0 Å². The first-order valence-electron chi connectivity index (χ1n) is 10.8. The minimum absolute atomic E-state index is 0.210. The summed E-state index contributed by atoms with van der Waals surface area (Å²) in [7, 11) is 0. The molecule has 1 fully saturated rings. The maximum Gasteiger partial charge on any atom is 0.416 e. The second-order valence-electron chi connectivity index (χ2n) is 8.15. The lowest BCUT2D eigenvalue weighted by molar-refractivity contribution is -0.137. The van der Waals surface area contributed by atoms with Gasteiger partial charge in [-0.2, -0.15) is 13.2 Å². The van der Waals surface area contributed by atoms with Crippen LogP contribution in [0.15, 0.2) is 48.5 Å². The van der Waals surface area contributed by atoms with E-state index in [4.69, 9.17) is 4.74 Å². The van der Waals surface area contributed by atoms with Crippen molar-refractivity contribution in [2.45, 2.75) is 38.5 Å². The third kappa shape index (κ3) is 6.37. The van der Waals surface area contributed by atoms with Gasteiger partial charge in [-0.3, -0.25) is 4.90 Å². The lowest BCUT2D eigenvalue weighted by Gasteiger charge is -2.37. The number of hydrogen-bond donors (Lipinski definition) is 1. The van der Waals surface area contributed by atoms with Crippen molar-refractivity contribution in [2.24, 2.45) is 0 Å². The molecule has 1 saturated heterocycles. The van der Waals surface area contributed by atoms with Gasteiger partial charge in [0.05, 0.1) is 5.56 Å². The number of ether oxygens (including phenoxy) is 1. The number of alkyl halides is 3. The summed E-state index contributed by atoms with van der Waals surface area (Å²) in [4.78, 5) is 4.08. The van der Waals surface area contributed by atoms with Crippen molar-refractivity contribution in [3.05, 3.63) is 59.7 Å². The van der Waals surface area contributed by atoms with E-state index in [0.29, 0.717) is 44.3 Å². The number of rotatable bonds is 8. The van der Waals surface area contributed by atoms with Crippen molar-refractivity contribution in [2.75, 3.05) is 44.2 Å². The summed E-state index contributed by atoms with van der Waals surface area (Å²) in [6, 6.07) is 13.4. The van der Waals surface area contributed by atoms with Gasteiger partial charge >= 0.3 is 6.18 Å². The second kappa shape index (κ2) is 10.4. The van der Waals surface area contributed by atoms with Crippen molar-refractivity contribution in [3.8, 4) is 5.75 Å². The Kier molecular flexibility index (Phi) is 7.84. The molecule has 0 amide bonds. The Morgan fingerprint density at radius 3 is 2.42 bits per heavy atom. The summed E-state index contributed by atoms with van der Waals surface area (Å²) in [6.45, 7) is 7.56. The van der Waals surface area contributed by atoms with E-state index in [2.05, 4.69) is 24.8 Å². The highest BCUT2D eigenvalue weighted by atomic mass is 19.4. The molecule has 0 bridgehead atoms. The number of para-hydroxylation sites is 1. The van der Waals surface area contributed by atoms with Crippen LogP contribution in [0.4, 0.5) is 18.9 Å². The molecular weight excluding hydrogens is 405 g/mol. The van der Waals surface area contributed by atoms with Crippen LogP contribution in [-0.4, -0.2) is 55.4 Å². The second-order valence-corrected chi connectivity index (χ2v) is 8.15. The number of halogens is 3. The summed E-state index contributed by atoms with van der Waals surface area (Å²) in [5.74, 6) is 1.20. The number of β-amino-alcohol motifs (C(OH)–C–C–N with tert-alkyl or cyclic N) is 1. The number of aliphatic hydroxyl groups is 1. The number of anilines is 1. The van der Waals surface area contributed by atoms with E-state index in [1.807, 2.05) is 23.1 Å². The van der Waals surface area contributed by atoms with E-state index in [-0.39, 0.29) is 6.61 Å². The quantitative estimate of drug-likeness (QED) is 0.646. The predicted molar refractivity (Wildman–Crippen MR) is 117 cm³/mol. The highest BCUT2D eigenvalue weighted by molar-refractivity contribution is 5.49. The molecule has 1 aliphatic heterocycles. The van der Waals surface area contributed by atoms with E-state index >= 15 is 0 Å². The Labute approximate surface area is 182 Å². The van der Waals surface area contributed by atoms with Gasteiger partial charge in [-0.1, -0.05) is 38.1 Å². The van der Waals surface area contributed by atoms with Crippen LogP contribution in [0.1, 0.15) is 37.3 Å². The maximum absolute atomic E-state index is 13.0. The summed E-state index contributed by atoms with van der Waals surface area (Å²) in [5, 5.41) is 10.5. The van der Waals surface area contributed by atoms with Gasteiger partial charge < -0.3 is 14.7 Å². The molecule has 0 saturated carbocycles. The Bertz CT molecular complexity index is 836. The van der Waals surface area contributed by atoms with Gasteiger partial charge in [-0.15, -0.1) is 0 Å². The third-order valence-corrected chi connectivity index (χ3v) is 5.87. The summed E-state index contributed by atoms with van der Waals surface area (Å²) >= 11 is 0. The van der Waals surface area contributed by atoms with Crippen molar-refractivity contribution >= 4 is 5.69 Å². The fraction of sp³-hybridized carbons (Fsp3) is 0.500. The molecule has 1 N–H and O–H groups in total. The minimum Gasteiger partial charge on any atom is -0.491 e. The SMILES string of the molecule is CCC(C)c1ccccc1OCC(O)CN1CCN(c2cccc(C(F)(F)F)c2)CC1. The largest absolute Gasteiger partial charge is 0.491 e. The molecule has 2 atom stereocenters. The number of aliphatic hydroxyl groups excluding tert-OH is 1. The minimum atomic E-state index is -4.34. The normalized spacial score (nSPS) is 17.4. The number of hydrogen-bond acceptors (Lipinski definition) is 4. The molecule has 2 unspecified atom stereocenters. The highest BCUT2D eigenvalue weighted by Gasteiger charge is 2.31. The third-order valence-electron chi connectivity index (χ3n) is 5.87. The van der Waals surface area contributed by atoms with Gasteiger partial charge in [-0.05, 0) is 42.2 Å². The van der Waals surface area contributed by atoms with Crippen LogP contribution < -0.4 is 9.64 Å². The Hall–Kier alpha value is -2.25. The lowest BCUT2D eigenvalue weighted by Crippen LogP contribution is -2.49. The zero-order valence-electron chi connectivity index (χ0n) is 18.1. The van der Waals surface area contributed by atoms with Crippen LogP contribution in [0.3, 0.4) is 0 Å². The summed E-state index contributed by atoms with van der Waals surface area (Å²) in [6.07, 6.45) is -3.96. The molecule has 31 heavy (non-hydrogen) atoms. The van der Waals surface area contributed by atoms with Gasteiger partial charge in [0.1, 0.15) is 18.5 Å². The molecule has 1 heterocycles. The number of piperazine rings is 1. The van der Waals surface area contributed by atoms with Crippen LogP contribution in [0.2, 0.25) is 0 Å². The fourth-order valence-electron chi connectivity index (χ4n) is 3.84.